The number of anilines is 1. The molecular formula is C21H24N6O5. The van der Waals surface area contributed by atoms with Crippen LogP contribution in [0.1, 0.15) is 43.6 Å². The number of aromatic nitrogens is 4. The van der Waals surface area contributed by atoms with Gasteiger partial charge in [-0.25, -0.2) is 24.4 Å². The second-order valence-corrected chi connectivity index (χ2v) is 8.64. The van der Waals surface area contributed by atoms with Crippen molar-refractivity contribution in [3.63, 3.8) is 0 Å². The van der Waals surface area contributed by atoms with Crippen LogP contribution in [0.2, 0.25) is 0 Å². The quantitative estimate of drug-likeness (QED) is 0.629. The lowest BCUT2D eigenvalue weighted by Gasteiger charge is -2.24. The van der Waals surface area contributed by atoms with E-state index < -0.39 is 23.4 Å². The van der Waals surface area contributed by atoms with Crippen LogP contribution in [0.15, 0.2) is 35.4 Å². The van der Waals surface area contributed by atoms with Crippen molar-refractivity contribution in [3.05, 3.63) is 46.6 Å². The zero-order chi connectivity index (χ0) is 23.2. The molecule has 3 heterocycles. The molecule has 0 saturated carbocycles. The Morgan fingerprint density at radius 2 is 1.88 bits per heavy atom. The summed E-state index contributed by atoms with van der Waals surface area (Å²) in [5.74, 6) is -0.947. The number of carbonyl (C=O) groups is 2. The van der Waals surface area contributed by atoms with Gasteiger partial charge in [-0.15, -0.1) is 0 Å². The van der Waals surface area contributed by atoms with E-state index in [4.69, 9.17) is 15.6 Å². The van der Waals surface area contributed by atoms with E-state index in [1.54, 1.807) is 25.7 Å². The number of nitrogen functional groups attached to an aromatic ring is 1. The predicted molar refractivity (Wildman–Crippen MR) is 116 cm³/mol. The predicted octanol–water partition coefficient (Wildman–Crippen LogP) is 2.04. The summed E-state index contributed by atoms with van der Waals surface area (Å²) in [5.41, 5.74) is 6.29. The van der Waals surface area contributed by atoms with E-state index in [0.29, 0.717) is 29.8 Å². The molecule has 168 valence electrons. The van der Waals surface area contributed by atoms with Gasteiger partial charge in [0.15, 0.2) is 11.5 Å². The summed E-state index contributed by atoms with van der Waals surface area (Å²) >= 11 is 0. The Kier molecular flexibility index (Phi) is 5.11. The second-order valence-electron chi connectivity index (χ2n) is 8.64. The molecule has 3 N–H and O–H groups in total. The van der Waals surface area contributed by atoms with E-state index in [1.165, 1.54) is 39.7 Å². The molecule has 0 radical (unpaired) electrons. The van der Waals surface area contributed by atoms with Gasteiger partial charge >= 0.3 is 17.8 Å². The Hall–Kier alpha value is -3.89. The van der Waals surface area contributed by atoms with Gasteiger partial charge in [-0.2, -0.15) is 0 Å². The molecule has 2 aromatic heterocycles. The van der Waals surface area contributed by atoms with Crippen LogP contribution in [0.25, 0.3) is 16.9 Å². The number of hydrogen-bond donors (Lipinski definition) is 2. The van der Waals surface area contributed by atoms with Crippen LogP contribution in [0.4, 0.5) is 10.6 Å². The van der Waals surface area contributed by atoms with Crippen LogP contribution in [-0.2, 0) is 4.74 Å². The Bertz CT molecular complexity index is 1250. The number of imidazole rings is 1. The molecule has 0 unspecified atom stereocenters. The second kappa shape index (κ2) is 7.66. The highest BCUT2D eigenvalue weighted by Crippen LogP contribution is 2.28. The summed E-state index contributed by atoms with van der Waals surface area (Å²) in [6.45, 7) is 6.12. The van der Waals surface area contributed by atoms with E-state index in [0.717, 1.165) is 0 Å². The molecule has 4 rings (SSSR count). The fraction of sp³-hybridized carbons (Fsp3) is 0.381. The number of amides is 1. The van der Waals surface area contributed by atoms with Crippen molar-refractivity contribution in [2.45, 2.75) is 38.8 Å². The van der Waals surface area contributed by atoms with Crippen molar-refractivity contribution in [1.29, 1.82) is 0 Å². The van der Waals surface area contributed by atoms with E-state index >= 15 is 0 Å². The Morgan fingerprint density at radius 1 is 1.19 bits per heavy atom. The first kappa shape index (κ1) is 21.3. The molecule has 0 spiro atoms. The molecule has 11 nitrogen and oxygen atoms in total. The first-order valence-electron chi connectivity index (χ1n) is 10.1. The van der Waals surface area contributed by atoms with Crippen LogP contribution < -0.4 is 11.4 Å². The van der Waals surface area contributed by atoms with E-state index in [1.807, 2.05) is 0 Å². The van der Waals surface area contributed by atoms with Gasteiger partial charge in [0.1, 0.15) is 17.4 Å². The normalized spacial score (nSPS) is 16.5. The van der Waals surface area contributed by atoms with Crippen LogP contribution in [-0.4, -0.2) is 59.9 Å². The third-order valence-electron chi connectivity index (χ3n) is 5.23. The maximum absolute atomic E-state index is 13.5. The van der Waals surface area contributed by atoms with E-state index in [9.17, 15) is 14.4 Å². The molecule has 1 aliphatic rings. The Balaban J connectivity index is 1.77. The van der Waals surface area contributed by atoms with Gasteiger partial charge in [-0.05, 0) is 51.5 Å². The molecule has 0 bridgehead atoms. The molecule has 11 heteroatoms. The summed E-state index contributed by atoms with van der Waals surface area (Å²) in [5, 5.41) is 9.15. The number of hydrogen-bond acceptors (Lipinski definition) is 7. The lowest BCUT2D eigenvalue weighted by molar-refractivity contribution is 0.0288. The average molecular weight is 440 g/mol. The molecule has 1 amide bonds. The minimum absolute atomic E-state index is 0.0959. The summed E-state index contributed by atoms with van der Waals surface area (Å²) in [6, 6.07) is 5.55. The largest absolute Gasteiger partial charge is 0.478 e. The van der Waals surface area contributed by atoms with Gasteiger partial charge in [0.25, 0.3) is 0 Å². The van der Waals surface area contributed by atoms with E-state index in [2.05, 4.69) is 9.97 Å². The third-order valence-corrected chi connectivity index (χ3v) is 5.23. The number of ether oxygens (including phenoxy) is 1. The summed E-state index contributed by atoms with van der Waals surface area (Å²) < 4.78 is 8.33. The Labute approximate surface area is 183 Å². The van der Waals surface area contributed by atoms with Gasteiger partial charge < -0.3 is 20.5 Å². The topological polar surface area (TPSA) is 146 Å². The number of rotatable bonds is 3. The number of fused-ring (bicyclic) bond motifs is 1. The minimum Gasteiger partial charge on any atom is -0.478 e. The molecule has 32 heavy (non-hydrogen) atoms. The number of likely N-dealkylation sites (tertiary alicyclic amines) is 1. The van der Waals surface area contributed by atoms with Gasteiger partial charge in [-0.1, -0.05) is 0 Å². The molecule has 3 aromatic rings. The van der Waals surface area contributed by atoms with Crippen molar-refractivity contribution < 1.29 is 19.4 Å². The number of benzene rings is 1. The fourth-order valence-electron chi connectivity index (χ4n) is 3.83. The van der Waals surface area contributed by atoms with Gasteiger partial charge in [0, 0.05) is 13.1 Å². The number of nitrogens with two attached hydrogens (primary N) is 1. The maximum atomic E-state index is 13.5. The lowest BCUT2D eigenvalue weighted by Crippen LogP contribution is -2.36. The lowest BCUT2D eigenvalue weighted by atomic mass is 10.2. The van der Waals surface area contributed by atoms with Crippen molar-refractivity contribution in [2.24, 2.45) is 0 Å². The van der Waals surface area contributed by atoms with Crippen LogP contribution >= 0.6 is 0 Å². The van der Waals surface area contributed by atoms with Crippen molar-refractivity contribution >= 4 is 29.0 Å². The van der Waals surface area contributed by atoms with Crippen molar-refractivity contribution in [1.82, 2.24) is 24.0 Å². The molecule has 1 atom stereocenters. The molecule has 1 aromatic carbocycles. The SMILES string of the molecule is CC(C)(C)OC(=O)N1CC[C@@H](n2c(=O)n(-c3ccc(C(=O)O)cc3)c3c(N)ncnc32)C1. The number of nitrogens with zero attached hydrogens (tertiary/aromatic N) is 5. The highest BCUT2D eigenvalue weighted by Gasteiger charge is 2.34. The van der Waals surface area contributed by atoms with Crippen LogP contribution in [0.3, 0.4) is 0 Å². The highest BCUT2D eigenvalue weighted by atomic mass is 16.6. The smallest absolute Gasteiger partial charge is 0.410 e. The molecule has 1 aliphatic heterocycles. The Morgan fingerprint density at radius 3 is 2.50 bits per heavy atom. The van der Waals surface area contributed by atoms with E-state index in [-0.39, 0.29) is 24.0 Å². The molecule has 0 aliphatic carbocycles. The zero-order valence-corrected chi connectivity index (χ0v) is 18.0. The molecule has 1 fully saturated rings. The molecule has 1 saturated heterocycles. The monoisotopic (exact) mass is 440 g/mol. The first-order chi connectivity index (χ1) is 15.1. The fourth-order valence-corrected chi connectivity index (χ4v) is 3.83. The number of carbonyl (C=O) groups excluding carboxylic acids is 1. The number of carboxylic acid groups (broad SMARTS) is 1. The minimum atomic E-state index is -1.07. The van der Waals surface area contributed by atoms with Crippen molar-refractivity contribution in [2.75, 3.05) is 18.8 Å². The summed E-state index contributed by atoms with van der Waals surface area (Å²) in [4.78, 5) is 47.0. The average Bonchev–Trinajstić information content (AvgIpc) is 3.30. The van der Waals surface area contributed by atoms with Crippen LogP contribution in [0.5, 0.6) is 0 Å². The zero-order valence-electron chi connectivity index (χ0n) is 18.0. The van der Waals surface area contributed by atoms with Crippen LogP contribution in [0, 0.1) is 0 Å². The maximum Gasteiger partial charge on any atom is 0.410 e. The van der Waals surface area contributed by atoms with Gasteiger partial charge in [0.2, 0.25) is 0 Å². The van der Waals surface area contributed by atoms with Gasteiger partial charge in [0.05, 0.1) is 17.3 Å². The summed E-state index contributed by atoms with van der Waals surface area (Å²) in [6.07, 6.45) is 1.39. The number of carboxylic acids is 1. The highest BCUT2D eigenvalue weighted by molar-refractivity contribution is 5.88. The van der Waals surface area contributed by atoms with Crippen molar-refractivity contribution in [3.8, 4) is 5.69 Å². The number of aromatic carboxylic acids is 1. The summed E-state index contributed by atoms with van der Waals surface area (Å²) in [7, 11) is 0. The third kappa shape index (κ3) is 3.77. The van der Waals surface area contributed by atoms with Gasteiger partial charge in [-0.3, -0.25) is 9.13 Å². The molecular weight excluding hydrogens is 416 g/mol. The standard InChI is InChI=1S/C21H24N6O5/c1-21(2,3)32-20(31)25-9-8-14(10-25)27-17-15(16(22)23-11-24-17)26(19(27)30)13-6-4-12(5-7-13)18(28)29/h4-7,11,14H,8-10H2,1-3H3,(H,28,29)(H2,22,23,24)/t14-/m1/s1. The first-order valence-corrected chi connectivity index (χ1v) is 10.1.